The van der Waals surface area contributed by atoms with E-state index in [1.165, 1.54) is 0 Å². The van der Waals surface area contributed by atoms with Gasteiger partial charge in [-0.2, -0.15) is 0 Å². The minimum absolute atomic E-state index is 0.126. The van der Waals surface area contributed by atoms with Crippen molar-refractivity contribution in [1.29, 1.82) is 0 Å². The Bertz CT molecular complexity index is 935. The molecule has 0 fully saturated rings. The molecule has 29 heavy (non-hydrogen) atoms. The van der Waals surface area contributed by atoms with Crippen LogP contribution in [0.3, 0.4) is 0 Å². The molecule has 0 aliphatic rings. The third-order valence-electron chi connectivity index (χ3n) is 4.88. The van der Waals surface area contributed by atoms with Crippen LogP contribution in [0.2, 0.25) is 0 Å². The molecular weight excluding hydrogens is 362 g/mol. The van der Waals surface area contributed by atoms with Crippen molar-refractivity contribution in [2.24, 2.45) is 13.0 Å². The van der Waals surface area contributed by atoms with Crippen molar-refractivity contribution in [3.63, 3.8) is 0 Å². The van der Waals surface area contributed by atoms with E-state index < -0.39 is 0 Å². The number of rotatable bonds is 7. The number of urea groups is 1. The third kappa shape index (κ3) is 5.44. The molecule has 6 heteroatoms. The molecule has 0 aliphatic carbocycles. The van der Waals surface area contributed by atoms with Crippen molar-refractivity contribution < 1.29 is 4.79 Å². The number of nitrogens with one attached hydrogen (secondary N) is 1. The van der Waals surface area contributed by atoms with E-state index in [1.807, 2.05) is 73.3 Å². The van der Waals surface area contributed by atoms with Gasteiger partial charge in [0.2, 0.25) is 0 Å². The van der Waals surface area contributed by atoms with Crippen LogP contribution in [0.5, 0.6) is 0 Å². The molecular formula is C23H29N5O. The van der Waals surface area contributed by atoms with Gasteiger partial charge >= 0.3 is 6.03 Å². The Morgan fingerprint density at radius 1 is 1.10 bits per heavy atom. The van der Waals surface area contributed by atoms with Crippen molar-refractivity contribution in [3.8, 4) is 0 Å². The molecule has 6 nitrogen and oxygen atoms in total. The van der Waals surface area contributed by atoms with E-state index >= 15 is 0 Å². The highest BCUT2D eigenvalue weighted by Gasteiger charge is 2.25. The maximum Gasteiger partial charge on any atom is 0.318 e. The van der Waals surface area contributed by atoms with E-state index in [1.54, 1.807) is 11.1 Å². The van der Waals surface area contributed by atoms with Crippen LogP contribution in [0.4, 0.5) is 4.79 Å². The van der Waals surface area contributed by atoms with Gasteiger partial charge in [-0.25, -0.2) is 9.78 Å². The van der Waals surface area contributed by atoms with E-state index in [0.717, 1.165) is 22.8 Å². The van der Waals surface area contributed by atoms with Crippen molar-refractivity contribution in [2.75, 3.05) is 0 Å². The van der Waals surface area contributed by atoms with Crippen molar-refractivity contribution >= 4 is 6.03 Å². The number of amides is 2. The number of hydrogen-bond donors (Lipinski definition) is 1. The van der Waals surface area contributed by atoms with Crippen LogP contribution in [0.1, 0.15) is 42.7 Å². The number of aryl methyl sites for hydroxylation is 2. The maximum atomic E-state index is 13.3. The van der Waals surface area contributed by atoms with Gasteiger partial charge in [0.1, 0.15) is 5.82 Å². The van der Waals surface area contributed by atoms with Crippen LogP contribution in [-0.2, 0) is 20.1 Å². The second-order valence-corrected chi connectivity index (χ2v) is 7.68. The second-order valence-electron chi connectivity index (χ2n) is 7.68. The minimum Gasteiger partial charge on any atom is -0.336 e. The number of carbonyl (C=O) groups excluding carboxylic acids is 1. The topological polar surface area (TPSA) is 63.1 Å². The maximum absolute atomic E-state index is 13.3. The van der Waals surface area contributed by atoms with Crippen molar-refractivity contribution in [2.45, 2.75) is 39.9 Å². The van der Waals surface area contributed by atoms with Crippen LogP contribution < -0.4 is 5.32 Å². The lowest BCUT2D eigenvalue weighted by Crippen LogP contribution is -2.43. The average Bonchev–Trinajstić information content (AvgIpc) is 3.11. The summed E-state index contributed by atoms with van der Waals surface area (Å²) in [7, 11) is 1.95. The third-order valence-corrected chi connectivity index (χ3v) is 4.88. The van der Waals surface area contributed by atoms with Gasteiger partial charge in [-0.1, -0.05) is 50.2 Å². The average molecular weight is 392 g/mol. The van der Waals surface area contributed by atoms with E-state index in [2.05, 4.69) is 29.1 Å². The lowest BCUT2D eigenvalue weighted by atomic mass is 10.0. The number of imidazole rings is 1. The number of nitrogens with zero attached hydrogens (tertiary/aromatic N) is 4. The monoisotopic (exact) mass is 391 g/mol. The van der Waals surface area contributed by atoms with Crippen molar-refractivity contribution in [1.82, 2.24) is 24.8 Å². The fraction of sp³-hybridized carbons (Fsp3) is 0.348. The summed E-state index contributed by atoms with van der Waals surface area (Å²) in [6.45, 7) is 7.08. The van der Waals surface area contributed by atoms with Crippen LogP contribution in [-0.4, -0.2) is 25.5 Å². The van der Waals surface area contributed by atoms with Gasteiger partial charge in [-0.3, -0.25) is 4.98 Å². The van der Waals surface area contributed by atoms with Crippen molar-refractivity contribution in [3.05, 3.63) is 83.7 Å². The van der Waals surface area contributed by atoms with Gasteiger partial charge in [0, 0.05) is 31.7 Å². The molecule has 0 spiro atoms. The Morgan fingerprint density at radius 3 is 2.48 bits per heavy atom. The molecule has 0 aliphatic heterocycles. The quantitative estimate of drug-likeness (QED) is 0.655. The smallest absolute Gasteiger partial charge is 0.318 e. The summed E-state index contributed by atoms with van der Waals surface area (Å²) in [4.78, 5) is 24.1. The van der Waals surface area contributed by atoms with Gasteiger partial charge in [-0.05, 0) is 30.5 Å². The number of hydrogen-bond acceptors (Lipinski definition) is 3. The molecule has 1 aromatic carbocycles. The van der Waals surface area contributed by atoms with Gasteiger partial charge in [0.05, 0.1) is 18.3 Å². The summed E-state index contributed by atoms with van der Waals surface area (Å²) < 4.78 is 1.95. The zero-order chi connectivity index (χ0) is 20.8. The van der Waals surface area contributed by atoms with Crippen LogP contribution >= 0.6 is 0 Å². The molecule has 1 atom stereocenters. The zero-order valence-electron chi connectivity index (χ0n) is 17.5. The summed E-state index contributed by atoms with van der Waals surface area (Å²) in [5.74, 6) is 1.05. The van der Waals surface area contributed by atoms with E-state index in [0.29, 0.717) is 13.1 Å². The first-order chi connectivity index (χ1) is 13.9. The largest absolute Gasteiger partial charge is 0.336 e. The predicted molar refractivity (Wildman–Crippen MR) is 114 cm³/mol. The van der Waals surface area contributed by atoms with Gasteiger partial charge in [0.15, 0.2) is 0 Å². The molecule has 152 valence electrons. The standard InChI is InChI=1S/C23H29N5O/c1-17(2)21(22-24-13-14-27(22)4)26-23(29)28(15-19-10-6-5-7-11-19)16-20-12-8-9-18(3)25-20/h5-14,17,21H,15-16H2,1-4H3,(H,26,29). The first kappa shape index (κ1) is 20.6. The molecule has 2 amide bonds. The fourth-order valence-corrected chi connectivity index (χ4v) is 3.32. The Morgan fingerprint density at radius 2 is 1.86 bits per heavy atom. The highest BCUT2D eigenvalue weighted by atomic mass is 16.2. The number of pyridine rings is 1. The first-order valence-electron chi connectivity index (χ1n) is 9.93. The summed E-state index contributed by atoms with van der Waals surface area (Å²) in [6.07, 6.45) is 3.66. The molecule has 3 rings (SSSR count). The Labute approximate surface area is 172 Å². The number of benzene rings is 1. The van der Waals surface area contributed by atoms with Gasteiger partial charge < -0.3 is 14.8 Å². The predicted octanol–water partition coefficient (Wildman–Crippen LogP) is 4.23. The fourth-order valence-electron chi connectivity index (χ4n) is 3.32. The molecule has 0 saturated carbocycles. The Kier molecular flexibility index (Phi) is 6.65. The highest BCUT2D eigenvalue weighted by molar-refractivity contribution is 5.74. The van der Waals surface area contributed by atoms with Crippen LogP contribution in [0.25, 0.3) is 0 Å². The lowest BCUT2D eigenvalue weighted by molar-refractivity contribution is 0.182. The SMILES string of the molecule is Cc1cccc(CN(Cc2ccccc2)C(=O)NC(c2nccn2C)C(C)C)n1. The zero-order valence-corrected chi connectivity index (χ0v) is 17.5. The van der Waals surface area contributed by atoms with Crippen LogP contribution in [0, 0.1) is 12.8 Å². The number of carbonyl (C=O) groups is 1. The highest BCUT2D eigenvalue weighted by Crippen LogP contribution is 2.21. The van der Waals surface area contributed by atoms with E-state index in [-0.39, 0.29) is 18.0 Å². The normalized spacial score (nSPS) is 12.0. The molecule has 0 bridgehead atoms. The summed E-state index contributed by atoms with van der Waals surface area (Å²) in [5.41, 5.74) is 2.89. The minimum atomic E-state index is -0.175. The Balaban J connectivity index is 1.83. The van der Waals surface area contributed by atoms with Gasteiger partial charge in [-0.15, -0.1) is 0 Å². The molecule has 1 unspecified atom stereocenters. The second kappa shape index (κ2) is 9.37. The molecule has 1 N–H and O–H groups in total. The first-order valence-corrected chi connectivity index (χ1v) is 9.93. The van der Waals surface area contributed by atoms with Crippen LogP contribution in [0.15, 0.2) is 60.9 Å². The Hall–Kier alpha value is -3.15. The molecule has 0 saturated heterocycles. The molecule has 0 radical (unpaired) electrons. The lowest BCUT2D eigenvalue weighted by Gasteiger charge is -2.28. The van der Waals surface area contributed by atoms with E-state index in [9.17, 15) is 4.79 Å². The summed E-state index contributed by atoms with van der Waals surface area (Å²) in [5, 5.41) is 3.19. The summed E-state index contributed by atoms with van der Waals surface area (Å²) >= 11 is 0. The summed E-state index contributed by atoms with van der Waals surface area (Å²) in [6, 6.07) is 15.6. The van der Waals surface area contributed by atoms with E-state index in [4.69, 9.17) is 0 Å². The molecule has 2 heterocycles. The van der Waals surface area contributed by atoms with Gasteiger partial charge in [0.25, 0.3) is 0 Å². The molecule has 2 aromatic heterocycles. The molecule has 3 aromatic rings. The number of aromatic nitrogens is 3.